The number of carbonyl (C=O) groups is 3. The Morgan fingerprint density at radius 1 is 1.21 bits per heavy atom. The number of halogens is 2. The Bertz CT molecular complexity index is 794. The van der Waals surface area contributed by atoms with Gasteiger partial charge in [-0.15, -0.1) is 0 Å². The molecule has 1 saturated heterocycles. The minimum Gasteiger partial charge on any atom is -0.367 e. The summed E-state index contributed by atoms with van der Waals surface area (Å²) >= 11 is 0. The second-order valence-corrected chi connectivity index (χ2v) is 7.77. The zero-order chi connectivity index (χ0) is 21.1. The number of piperidine rings is 1. The normalized spacial score (nSPS) is 24.3. The van der Waals surface area contributed by atoms with E-state index in [2.05, 4.69) is 26.5 Å². The summed E-state index contributed by atoms with van der Waals surface area (Å²) in [4.78, 5) is 41.2. The molecule has 1 atom stereocenters. The van der Waals surface area contributed by atoms with Gasteiger partial charge in [-0.2, -0.15) is 0 Å². The SMILES string of the molecule is CC1(C(=O)NNC(=O)c2cccnc2NC2CCC(F)(F)CC2)CCCNC1=O. The molecule has 10 heteroatoms. The molecule has 0 spiro atoms. The van der Waals surface area contributed by atoms with Crippen LogP contribution in [0.15, 0.2) is 18.3 Å². The van der Waals surface area contributed by atoms with E-state index in [4.69, 9.17) is 0 Å². The molecule has 0 aromatic carbocycles. The maximum Gasteiger partial charge on any atom is 0.273 e. The van der Waals surface area contributed by atoms with Crippen LogP contribution in [-0.4, -0.2) is 41.2 Å². The molecule has 3 amide bonds. The van der Waals surface area contributed by atoms with Gasteiger partial charge in [0.1, 0.15) is 11.2 Å². The van der Waals surface area contributed by atoms with Crippen molar-refractivity contribution in [1.82, 2.24) is 21.2 Å². The highest BCUT2D eigenvalue weighted by molar-refractivity contribution is 6.06. The molecule has 1 aliphatic carbocycles. The maximum absolute atomic E-state index is 13.3. The molecule has 158 valence electrons. The van der Waals surface area contributed by atoms with Crippen LogP contribution in [-0.2, 0) is 9.59 Å². The molecule has 0 radical (unpaired) electrons. The van der Waals surface area contributed by atoms with Gasteiger partial charge in [-0.05, 0) is 44.7 Å². The number of rotatable bonds is 4. The fourth-order valence-corrected chi connectivity index (χ4v) is 3.57. The second kappa shape index (κ2) is 8.30. The van der Waals surface area contributed by atoms with Gasteiger partial charge < -0.3 is 10.6 Å². The Balaban J connectivity index is 1.61. The molecule has 0 bridgehead atoms. The summed E-state index contributed by atoms with van der Waals surface area (Å²) in [5, 5.41) is 5.70. The molecule has 8 nitrogen and oxygen atoms in total. The number of nitrogens with zero attached hydrogens (tertiary/aromatic N) is 1. The van der Waals surface area contributed by atoms with Crippen molar-refractivity contribution >= 4 is 23.5 Å². The number of aromatic nitrogens is 1. The lowest BCUT2D eigenvalue weighted by Gasteiger charge is -2.31. The van der Waals surface area contributed by atoms with Crippen LogP contribution in [0.5, 0.6) is 0 Å². The summed E-state index contributed by atoms with van der Waals surface area (Å²) in [5.41, 5.74) is 3.54. The van der Waals surface area contributed by atoms with E-state index in [0.29, 0.717) is 19.4 Å². The number of amides is 3. The van der Waals surface area contributed by atoms with Crippen molar-refractivity contribution in [2.75, 3.05) is 11.9 Å². The van der Waals surface area contributed by atoms with Crippen LogP contribution in [0.1, 0.15) is 55.8 Å². The summed E-state index contributed by atoms with van der Waals surface area (Å²) in [6.45, 7) is 2.05. The lowest BCUT2D eigenvalue weighted by molar-refractivity contribution is -0.145. The molecule has 1 aliphatic heterocycles. The van der Waals surface area contributed by atoms with E-state index >= 15 is 0 Å². The number of carbonyl (C=O) groups excluding carboxylic acids is 3. The van der Waals surface area contributed by atoms with E-state index in [-0.39, 0.29) is 49.0 Å². The maximum atomic E-state index is 13.3. The predicted molar refractivity (Wildman–Crippen MR) is 101 cm³/mol. The van der Waals surface area contributed by atoms with Gasteiger partial charge in [-0.1, -0.05) is 0 Å². The first-order valence-electron chi connectivity index (χ1n) is 9.70. The minimum atomic E-state index is -2.64. The molecule has 1 aromatic heterocycles. The van der Waals surface area contributed by atoms with Crippen molar-refractivity contribution in [3.8, 4) is 0 Å². The highest BCUT2D eigenvalue weighted by Gasteiger charge is 2.43. The van der Waals surface area contributed by atoms with Gasteiger partial charge in [-0.3, -0.25) is 25.2 Å². The van der Waals surface area contributed by atoms with Crippen LogP contribution in [0.25, 0.3) is 0 Å². The van der Waals surface area contributed by atoms with E-state index in [1.165, 1.54) is 19.2 Å². The summed E-state index contributed by atoms with van der Waals surface area (Å²) in [6, 6.07) is 2.87. The largest absolute Gasteiger partial charge is 0.367 e. The Hall–Kier alpha value is -2.78. The molecular weight excluding hydrogens is 384 g/mol. The number of anilines is 1. The first kappa shape index (κ1) is 20.9. The minimum absolute atomic E-state index is 0.170. The monoisotopic (exact) mass is 409 g/mol. The topological polar surface area (TPSA) is 112 Å². The summed E-state index contributed by atoms with van der Waals surface area (Å²) < 4.78 is 26.7. The first-order chi connectivity index (χ1) is 13.7. The van der Waals surface area contributed by atoms with Crippen molar-refractivity contribution in [3.05, 3.63) is 23.9 Å². The van der Waals surface area contributed by atoms with Gasteiger partial charge in [0.25, 0.3) is 11.8 Å². The van der Waals surface area contributed by atoms with Crippen LogP contribution < -0.4 is 21.5 Å². The average molecular weight is 409 g/mol. The zero-order valence-corrected chi connectivity index (χ0v) is 16.2. The molecule has 1 aromatic rings. The highest BCUT2D eigenvalue weighted by Crippen LogP contribution is 2.34. The smallest absolute Gasteiger partial charge is 0.273 e. The van der Waals surface area contributed by atoms with Crippen molar-refractivity contribution in [2.45, 2.75) is 57.4 Å². The molecule has 2 fully saturated rings. The van der Waals surface area contributed by atoms with E-state index in [1.54, 1.807) is 6.07 Å². The van der Waals surface area contributed by atoms with Crippen molar-refractivity contribution in [2.24, 2.45) is 5.41 Å². The number of hydrazine groups is 1. The second-order valence-electron chi connectivity index (χ2n) is 7.77. The van der Waals surface area contributed by atoms with E-state index in [9.17, 15) is 23.2 Å². The summed E-state index contributed by atoms with van der Waals surface area (Å²) in [6.07, 6.45) is 2.66. The number of alkyl halides is 2. The van der Waals surface area contributed by atoms with Crippen LogP contribution in [0.3, 0.4) is 0 Å². The third kappa shape index (κ3) is 4.80. The van der Waals surface area contributed by atoms with Gasteiger partial charge in [0.2, 0.25) is 11.8 Å². The molecule has 2 aliphatic rings. The fourth-order valence-electron chi connectivity index (χ4n) is 3.57. The van der Waals surface area contributed by atoms with Crippen molar-refractivity contribution < 1.29 is 23.2 Å². The Labute approximate surface area is 167 Å². The third-order valence-corrected chi connectivity index (χ3v) is 5.54. The molecule has 1 saturated carbocycles. The lowest BCUT2D eigenvalue weighted by atomic mass is 9.81. The summed E-state index contributed by atoms with van der Waals surface area (Å²) in [7, 11) is 0. The van der Waals surface area contributed by atoms with Crippen molar-refractivity contribution in [3.63, 3.8) is 0 Å². The van der Waals surface area contributed by atoms with Gasteiger partial charge in [0.05, 0.1) is 5.56 Å². The summed E-state index contributed by atoms with van der Waals surface area (Å²) in [5.74, 6) is -3.98. The highest BCUT2D eigenvalue weighted by atomic mass is 19.3. The molecule has 3 rings (SSSR count). The Morgan fingerprint density at radius 3 is 2.62 bits per heavy atom. The lowest BCUT2D eigenvalue weighted by Crippen LogP contribution is -2.56. The molecular formula is C19H25F2N5O3. The van der Waals surface area contributed by atoms with Crippen molar-refractivity contribution in [1.29, 1.82) is 0 Å². The average Bonchev–Trinajstić information content (AvgIpc) is 2.70. The number of hydrogen-bond acceptors (Lipinski definition) is 5. The first-order valence-corrected chi connectivity index (χ1v) is 9.70. The van der Waals surface area contributed by atoms with Crippen LogP contribution >= 0.6 is 0 Å². The number of pyridine rings is 1. The Kier molecular flexibility index (Phi) is 5.99. The van der Waals surface area contributed by atoms with Gasteiger partial charge >= 0.3 is 0 Å². The van der Waals surface area contributed by atoms with E-state index in [0.717, 1.165) is 0 Å². The number of nitrogens with one attached hydrogen (secondary N) is 4. The van der Waals surface area contributed by atoms with Crippen LogP contribution in [0.4, 0.5) is 14.6 Å². The predicted octanol–water partition coefficient (Wildman–Crippen LogP) is 1.75. The number of hydrogen-bond donors (Lipinski definition) is 4. The third-order valence-electron chi connectivity index (χ3n) is 5.54. The molecule has 29 heavy (non-hydrogen) atoms. The van der Waals surface area contributed by atoms with Crippen LogP contribution in [0.2, 0.25) is 0 Å². The van der Waals surface area contributed by atoms with Gasteiger partial charge in [0, 0.05) is 31.6 Å². The van der Waals surface area contributed by atoms with Gasteiger partial charge in [0.15, 0.2) is 0 Å². The van der Waals surface area contributed by atoms with E-state index in [1.807, 2.05) is 0 Å². The van der Waals surface area contributed by atoms with Gasteiger partial charge in [-0.25, -0.2) is 13.8 Å². The fraction of sp³-hybridized carbons (Fsp3) is 0.579. The van der Waals surface area contributed by atoms with E-state index < -0.39 is 23.2 Å². The quantitative estimate of drug-likeness (QED) is 0.447. The Morgan fingerprint density at radius 2 is 1.93 bits per heavy atom. The molecule has 2 heterocycles. The zero-order valence-electron chi connectivity index (χ0n) is 16.2. The van der Waals surface area contributed by atoms with Crippen LogP contribution in [0, 0.1) is 5.41 Å². The molecule has 1 unspecified atom stereocenters. The standard InChI is InChI=1S/C19H25F2N5O3/c1-18(7-3-11-23-16(18)28)17(29)26-25-15(27)13-4-2-10-22-14(13)24-12-5-8-19(20,21)9-6-12/h2,4,10,12H,3,5-9,11H2,1H3,(H,22,24)(H,23,28)(H,25,27)(H,26,29). The molecule has 4 N–H and O–H groups in total.